The first kappa shape index (κ1) is 12.0. The molecular weight excluding hydrogens is 254 g/mol. The van der Waals surface area contributed by atoms with E-state index in [1.165, 1.54) is 0 Å². The standard InChI is InChI=1S/C12H16ClN3O2/c1-8-7-17-6-4-16(8)10-9-3-2-5-18-11(9)15-12(13)14-10/h8H,2-7H2,1H3/t8-/m0/s1. The molecule has 6 heteroatoms. The summed E-state index contributed by atoms with van der Waals surface area (Å²) in [4.78, 5) is 10.8. The Morgan fingerprint density at radius 2 is 2.22 bits per heavy atom. The molecular formula is C12H16ClN3O2. The molecule has 1 fully saturated rings. The molecule has 2 aliphatic heterocycles. The van der Waals surface area contributed by atoms with Crippen LogP contribution in [0.25, 0.3) is 0 Å². The van der Waals surface area contributed by atoms with E-state index in [0.717, 1.165) is 44.0 Å². The normalized spacial score (nSPS) is 23.4. The summed E-state index contributed by atoms with van der Waals surface area (Å²) >= 11 is 5.99. The van der Waals surface area contributed by atoms with Gasteiger partial charge in [0, 0.05) is 6.54 Å². The minimum absolute atomic E-state index is 0.254. The van der Waals surface area contributed by atoms with Crippen LogP contribution in [0.4, 0.5) is 5.82 Å². The zero-order valence-electron chi connectivity index (χ0n) is 10.4. The van der Waals surface area contributed by atoms with E-state index in [9.17, 15) is 0 Å². The van der Waals surface area contributed by atoms with Crippen LogP contribution in [0.3, 0.4) is 0 Å². The lowest BCUT2D eigenvalue weighted by Crippen LogP contribution is -2.44. The molecule has 2 aliphatic rings. The molecule has 0 aromatic carbocycles. The lowest BCUT2D eigenvalue weighted by molar-refractivity contribution is 0.0983. The van der Waals surface area contributed by atoms with Crippen molar-refractivity contribution in [2.24, 2.45) is 0 Å². The van der Waals surface area contributed by atoms with Crippen LogP contribution in [0.15, 0.2) is 0 Å². The van der Waals surface area contributed by atoms with E-state index in [1.807, 2.05) is 0 Å². The molecule has 0 bridgehead atoms. The van der Waals surface area contributed by atoms with Crippen molar-refractivity contribution in [3.05, 3.63) is 10.8 Å². The SMILES string of the molecule is C[C@H]1COCCN1c1nc(Cl)nc2c1CCCO2. The molecule has 5 nitrogen and oxygen atoms in total. The maximum atomic E-state index is 5.99. The molecule has 3 heterocycles. The van der Waals surface area contributed by atoms with Gasteiger partial charge in [0.2, 0.25) is 11.2 Å². The quantitative estimate of drug-likeness (QED) is 0.726. The Balaban J connectivity index is 2.01. The maximum Gasteiger partial charge on any atom is 0.227 e. The molecule has 98 valence electrons. The highest BCUT2D eigenvalue weighted by Gasteiger charge is 2.27. The molecule has 0 radical (unpaired) electrons. The lowest BCUT2D eigenvalue weighted by Gasteiger charge is -2.36. The molecule has 1 aromatic heterocycles. The Hall–Kier alpha value is -1.07. The van der Waals surface area contributed by atoms with Crippen LogP contribution < -0.4 is 9.64 Å². The summed E-state index contributed by atoms with van der Waals surface area (Å²) < 4.78 is 11.0. The fraction of sp³-hybridized carbons (Fsp3) is 0.667. The first-order chi connectivity index (χ1) is 8.75. The van der Waals surface area contributed by atoms with Gasteiger partial charge in [-0.2, -0.15) is 4.98 Å². The van der Waals surface area contributed by atoms with Gasteiger partial charge in [-0.15, -0.1) is 0 Å². The molecule has 18 heavy (non-hydrogen) atoms. The van der Waals surface area contributed by atoms with Crippen LogP contribution in [0.2, 0.25) is 5.28 Å². The van der Waals surface area contributed by atoms with Crippen LogP contribution in [-0.2, 0) is 11.2 Å². The van der Waals surface area contributed by atoms with Crippen molar-refractivity contribution in [1.82, 2.24) is 9.97 Å². The van der Waals surface area contributed by atoms with Crippen LogP contribution in [0, 0.1) is 0 Å². The Morgan fingerprint density at radius 3 is 3.06 bits per heavy atom. The first-order valence-corrected chi connectivity index (χ1v) is 6.67. The Bertz CT molecular complexity index is 455. The van der Waals surface area contributed by atoms with Crippen molar-refractivity contribution in [2.45, 2.75) is 25.8 Å². The minimum Gasteiger partial charge on any atom is -0.477 e. The highest BCUT2D eigenvalue weighted by molar-refractivity contribution is 6.28. The smallest absolute Gasteiger partial charge is 0.227 e. The molecule has 0 spiro atoms. The van der Waals surface area contributed by atoms with Crippen molar-refractivity contribution in [1.29, 1.82) is 0 Å². The number of hydrogen-bond donors (Lipinski definition) is 0. The zero-order chi connectivity index (χ0) is 12.5. The number of halogens is 1. The second-order valence-corrected chi connectivity index (χ2v) is 5.01. The third-order valence-electron chi connectivity index (χ3n) is 3.37. The van der Waals surface area contributed by atoms with E-state index in [0.29, 0.717) is 18.5 Å². The Kier molecular flexibility index (Phi) is 3.26. The van der Waals surface area contributed by atoms with Crippen LogP contribution >= 0.6 is 11.6 Å². The highest BCUT2D eigenvalue weighted by Crippen LogP contribution is 2.33. The predicted octanol–water partition coefficient (Wildman–Crippen LogP) is 1.68. The van der Waals surface area contributed by atoms with Crippen LogP contribution in [0.5, 0.6) is 5.88 Å². The van der Waals surface area contributed by atoms with Crippen molar-refractivity contribution >= 4 is 17.4 Å². The number of nitrogens with zero attached hydrogens (tertiary/aromatic N) is 3. The van der Waals surface area contributed by atoms with Gasteiger partial charge in [-0.05, 0) is 31.4 Å². The molecule has 1 aromatic rings. The fourth-order valence-electron chi connectivity index (χ4n) is 2.46. The van der Waals surface area contributed by atoms with Gasteiger partial charge in [0.25, 0.3) is 0 Å². The van der Waals surface area contributed by atoms with Gasteiger partial charge in [-0.3, -0.25) is 0 Å². The third-order valence-corrected chi connectivity index (χ3v) is 3.54. The molecule has 0 unspecified atom stereocenters. The summed E-state index contributed by atoms with van der Waals surface area (Å²) in [5.74, 6) is 1.57. The van der Waals surface area contributed by atoms with E-state index in [4.69, 9.17) is 21.1 Å². The van der Waals surface area contributed by atoms with Crippen molar-refractivity contribution in [2.75, 3.05) is 31.3 Å². The van der Waals surface area contributed by atoms with Gasteiger partial charge in [0.1, 0.15) is 5.82 Å². The van der Waals surface area contributed by atoms with E-state index in [2.05, 4.69) is 21.8 Å². The summed E-state index contributed by atoms with van der Waals surface area (Å²) in [5, 5.41) is 0.254. The molecule has 1 saturated heterocycles. The lowest BCUT2D eigenvalue weighted by atomic mass is 10.1. The van der Waals surface area contributed by atoms with E-state index < -0.39 is 0 Å². The molecule has 0 amide bonds. The van der Waals surface area contributed by atoms with Gasteiger partial charge in [-0.1, -0.05) is 0 Å². The largest absolute Gasteiger partial charge is 0.477 e. The number of hydrogen-bond acceptors (Lipinski definition) is 5. The molecule has 1 atom stereocenters. The summed E-state index contributed by atoms with van der Waals surface area (Å²) in [5.41, 5.74) is 1.08. The van der Waals surface area contributed by atoms with Gasteiger partial charge in [0.15, 0.2) is 0 Å². The third kappa shape index (κ3) is 2.12. The summed E-state index contributed by atoms with van der Waals surface area (Å²) in [6, 6.07) is 0.302. The van der Waals surface area contributed by atoms with E-state index in [-0.39, 0.29) is 5.28 Å². The second-order valence-electron chi connectivity index (χ2n) is 4.67. The van der Waals surface area contributed by atoms with Gasteiger partial charge >= 0.3 is 0 Å². The van der Waals surface area contributed by atoms with E-state index >= 15 is 0 Å². The van der Waals surface area contributed by atoms with Crippen LogP contribution in [0.1, 0.15) is 18.9 Å². The van der Waals surface area contributed by atoms with Crippen molar-refractivity contribution < 1.29 is 9.47 Å². The first-order valence-electron chi connectivity index (χ1n) is 6.29. The fourth-order valence-corrected chi connectivity index (χ4v) is 2.62. The number of rotatable bonds is 1. The van der Waals surface area contributed by atoms with Gasteiger partial charge in [0.05, 0.1) is 31.4 Å². The van der Waals surface area contributed by atoms with E-state index in [1.54, 1.807) is 0 Å². The number of fused-ring (bicyclic) bond motifs is 1. The predicted molar refractivity (Wildman–Crippen MR) is 68.5 cm³/mol. The molecule has 3 rings (SSSR count). The minimum atomic E-state index is 0.254. The van der Waals surface area contributed by atoms with Gasteiger partial charge < -0.3 is 14.4 Å². The van der Waals surface area contributed by atoms with Crippen molar-refractivity contribution in [3.63, 3.8) is 0 Å². The summed E-state index contributed by atoms with van der Waals surface area (Å²) in [6.45, 7) is 5.11. The van der Waals surface area contributed by atoms with Crippen molar-refractivity contribution in [3.8, 4) is 5.88 Å². The average molecular weight is 270 g/mol. The number of aromatic nitrogens is 2. The molecule has 0 aliphatic carbocycles. The average Bonchev–Trinajstić information content (AvgIpc) is 2.38. The summed E-state index contributed by atoms with van der Waals surface area (Å²) in [6.07, 6.45) is 1.95. The Labute approximate surface area is 111 Å². The zero-order valence-corrected chi connectivity index (χ0v) is 11.1. The highest BCUT2D eigenvalue weighted by atomic mass is 35.5. The number of ether oxygens (including phenoxy) is 2. The molecule has 0 N–H and O–H groups in total. The monoisotopic (exact) mass is 269 g/mol. The summed E-state index contributed by atoms with van der Waals surface area (Å²) in [7, 11) is 0. The van der Waals surface area contributed by atoms with Gasteiger partial charge in [-0.25, -0.2) is 4.98 Å². The Morgan fingerprint density at radius 1 is 1.33 bits per heavy atom. The number of anilines is 1. The number of morpholine rings is 1. The van der Waals surface area contributed by atoms with Crippen LogP contribution in [-0.4, -0.2) is 42.4 Å². The topological polar surface area (TPSA) is 47.5 Å². The molecule has 0 saturated carbocycles. The second kappa shape index (κ2) is 4.90. The maximum absolute atomic E-state index is 5.99.